The summed E-state index contributed by atoms with van der Waals surface area (Å²) in [6.07, 6.45) is 0.757. The Hall–Kier alpha value is -2.48. The van der Waals surface area contributed by atoms with Crippen LogP contribution in [-0.2, 0) is 11.2 Å². The summed E-state index contributed by atoms with van der Waals surface area (Å²) in [7, 11) is 0. The van der Waals surface area contributed by atoms with E-state index in [4.69, 9.17) is 0 Å². The lowest BCUT2D eigenvalue weighted by Crippen LogP contribution is -2.22. The molecule has 0 bridgehead atoms. The van der Waals surface area contributed by atoms with E-state index >= 15 is 0 Å². The van der Waals surface area contributed by atoms with Gasteiger partial charge in [-0.2, -0.15) is 0 Å². The summed E-state index contributed by atoms with van der Waals surface area (Å²) in [4.78, 5) is 24.8. The van der Waals surface area contributed by atoms with E-state index in [0.29, 0.717) is 18.4 Å². The highest BCUT2D eigenvalue weighted by molar-refractivity contribution is 6.35. The number of hydrogen-bond donors (Lipinski definition) is 0. The van der Waals surface area contributed by atoms with Crippen molar-refractivity contribution in [2.75, 3.05) is 0 Å². The molecule has 0 unspecified atom stereocenters. The molecule has 2 aliphatic rings. The molecule has 96 valence electrons. The van der Waals surface area contributed by atoms with E-state index in [1.54, 1.807) is 0 Å². The normalized spacial score (nSPS) is 16.6. The first-order valence-electron chi connectivity index (χ1n) is 6.73. The van der Waals surface area contributed by atoms with Crippen molar-refractivity contribution in [2.45, 2.75) is 12.8 Å². The SMILES string of the molecule is O=C1Cc2ccccc2C2=C1c1ccccc1C(=O)C2. The van der Waals surface area contributed by atoms with E-state index in [1.807, 2.05) is 48.5 Å². The number of fused-ring (bicyclic) bond motifs is 4. The van der Waals surface area contributed by atoms with Gasteiger partial charge in [0, 0.05) is 24.0 Å². The number of allylic oxidation sites excluding steroid dienone is 2. The molecule has 0 amide bonds. The van der Waals surface area contributed by atoms with Crippen molar-refractivity contribution in [3.05, 3.63) is 70.8 Å². The average molecular weight is 260 g/mol. The first-order valence-corrected chi connectivity index (χ1v) is 6.73. The van der Waals surface area contributed by atoms with E-state index in [0.717, 1.165) is 27.8 Å². The van der Waals surface area contributed by atoms with Gasteiger partial charge >= 0.3 is 0 Å². The maximum Gasteiger partial charge on any atom is 0.168 e. The Morgan fingerprint density at radius 2 is 1.30 bits per heavy atom. The Morgan fingerprint density at radius 1 is 0.650 bits per heavy atom. The summed E-state index contributed by atoms with van der Waals surface area (Å²) >= 11 is 0. The predicted molar refractivity (Wildman–Crippen MR) is 77.4 cm³/mol. The second-order valence-electron chi connectivity index (χ2n) is 5.26. The summed E-state index contributed by atoms with van der Waals surface area (Å²) in [5.41, 5.74) is 5.23. The molecule has 0 saturated carbocycles. The van der Waals surface area contributed by atoms with Gasteiger partial charge < -0.3 is 0 Å². The van der Waals surface area contributed by atoms with Crippen LogP contribution in [0.4, 0.5) is 0 Å². The number of carbonyl (C=O) groups excluding carboxylic acids is 2. The lowest BCUT2D eigenvalue weighted by Gasteiger charge is -2.27. The van der Waals surface area contributed by atoms with E-state index in [9.17, 15) is 9.59 Å². The summed E-state index contributed by atoms with van der Waals surface area (Å²) in [6, 6.07) is 15.3. The smallest absolute Gasteiger partial charge is 0.168 e. The minimum atomic E-state index is 0.101. The number of rotatable bonds is 0. The standard InChI is InChI=1S/C18H12O2/c19-16-10-15-12-6-2-1-5-11(12)9-17(20)18(15)14-8-4-3-7-13(14)16/h1-8H,9-10H2. The maximum atomic E-state index is 12.5. The van der Waals surface area contributed by atoms with Crippen LogP contribution in [0.3, 0.4) is 0 Å². The molecule has 0 aliphatic heterocycles. The van der Waals surface area contributed by atoms with Gasteiger partial charge in [0.25, 0.3) is 0 Å². The van der Waals surface area contributed by atoms with Crippen LogP contribution >= 0.6 is 0 Å². The molecule has 0 saturated heterocycles. The van der Waals surface area contributed by atoms with Crippen molar-refractivity contribution in [2.24, 2.45) is 0 Å². The third-order valence-electron chi connectivity index (χ3n) is 4.11. The van der Waals surface area contributed by atoms with Crippen LogP contribution in [0.25, 0.3) is 11.1 Å². The lowest BCUT2D eigenvalue weighted by atomic mass is 9.74. The minimum Gasteiger partial charge on any atom is -0.294 e. The fourth-order valence-electron chi connectivity index (χ4n) is 3.23. The third kappa shape index (κ3) is 1.45. The summed E-state index contributed by atoms with van der Waals surface area (Å²) in [5, 5.41) is 0. The number of carbonyl (C=O) groups is 2. The second kappa shape index (κ2) is 4.01. The zero-order valence-corrected chi connectivity index (χ0v) is 10.8. The van der Waals surface area contributed by atoms with Crippen LogP contribution in [0.15, 0.2) is 48.5 Å². The molecule has 2 aromatic carbocycles. The van der Waals surface area contributed by atoms with Gasteiger partial charge in [-0.1, -0.05) is 48.5 Å². The summed E-state index contributed by atoms with van der Waals surface area (Å²) in [5.74, 6) is 0.225. The van der Waals surface area contributed by atoms with Crippen molar-refractivity contribution in [1.29, 1.82) is 0 Å². The zero-order chi connectivity index (χ0) is 13.7. The van der Waals surface area contributed by atoms with Gasteiger partial charge in [0.2, 0.25) is 0 Å². The largest absolute Gasteiger partial charge is 0.294 e. The molecule has 2 aromatic rings. The molecular formula is C18H12O2. The van der Waals surface area contributed by atoms with Crippen molar-refractivity contribution in [1.82, 2.24) is 0 Å². The van der Waals surface area contributed by atoms with Crippen LogP contribution in [0, 0.1) is 0 Å². The Kier molecular flexibility index (Phi) is 2.27. The van der Waals surface area contributed by atoms with Gasteiger partial charge in [0.1, 0.15) is 0 Å². The van der Waals surface area contributed by atoms with Gasteiger partial charge in [-0.05, 0) is 22.3 Å². The van der Waals surface area contributed by atoms with Gasteiger partial charge in [-0.3, -0.25) is 9.59 Å². The lowest BCUT2D eigenvalue weighted by molar-refractivity contribution is -0.113. The number of ketones is 2. The van der Waals surface area contributed by atoms with Gasteiger partial charge in [0.05, 0.1) is 0 Å². The van der Waals surface area contributed by atoms with E-state index in [1.165, 1.54) is 0 Å². The van der Waals surface area contributed by atoms with Crippen LogP contribution in [-0.4, -0.2) is 11.6 Å². The first-order chi connectivity index (χ1) is 9.75. The van der Waals surface area contributed by atoms with E-state index in [-0.39, 0.29) is 11.6 Å². The highest BCUT2D eigenvalue weighted by Gasteiger charge is 2.33. The fraction of sp³-hybridized carbons (Fsp3) is 0.111. The molecule has 0 fully saturated rings. The first kappa shape index (κ1) is 11.4. The van der Waals surface area contributed by atoms with Gasteiger partial charge in [-0.25, -0.2) is 0 Å². The molecule has 0 radical (unpaired) electrons. The van der Waals surface area contributed by atoms with Crippen molar-refractivity contribution < 1.29 is 9.59 Å². The highest BCUT2D eigenvalue weighted by Crippen LogP contribution is 2.41. The maximum absolute atomic E-state index is 12.5. The Morgan fingerprint density at radius 3 is 2.10 bits per heavy atom. The summed E-state index contributed by atoms with van der Waals surface area (Å²) < 4.78 is 0. The second-order valence-corrected chi connectivity index (χ2v) is 5.26. The van der Waals surface area contributed by atoms with Crippen molar-refractivity contribution in [3.63, 3.8) is 0 Å². The summed E-state index contributed by atoms with van der Waals surface area (Å²) in [6.45, 7) is 0. The molecule has 0 spiro atoms. The van der Waals surface area contributed by atoms with Gasteiger partial charge in [-0.15, -0.1) is 0 Å². The van der Waals surface area contributed by atoms with E-state index in [2.05, 4.69) is 0 Å². The Bertz CT molecular complexity index is 797. The highest BCUT2D eigenvalue weighted by atomic mass is 16.1. The quantitative estimate of drug-likeness (QED) is 0.728. The third-order valence-corrected chi connectivity index (χ3v) is 4.11. The molecule has 2 heteroatoms. The molecule has 4 rings (SSSR count). The van der Waals surface area contributed by atoms with Crippen molar-refractivity contribution in [3.8, 4) is 0 Å². The average Bonchev–Trinajstić information content (AvgIpc) is 2.47. The molecule has 2 nitrogen and oxygen atoms in total. The predicted octanol–water partition coefficient (Wildman–Crippen LogP) is 3.31. The van der Waals surface area contributed by atoms with Crippen LogP contribution < -0.4 is 0 Å². The molecular weight excluding hydrogens is 248 g/mol. The number of benzene rings is 2. The van der Waals surface area contributed by atoms with Crippen LogP contribution in [0.2, 0.25) is 0 Å². The van der Waals surface area contributed by atoms with Crippen LogP contribution in [0.1, 0.15) is 33.5 Å². The van der Waals surface area contributed by atoms with E-state index < -0.39 is 0 Å². The molecule has 0 aromatic heterocycles. The number of hydrogen-bond acceptors (Lipinski definition) is 2. The topological polar surface area (TPSA) is 34.1 Å². The minimum absolute atomic E-state index is 0.101. The monoisotopic (exact) mass is 260 g/mol. The van der Waals surface area contributed by atoms with Crippen molar-refractivity contribution >= 4 is 22.7 Å². The molecule has 20 heavy (non-hydrogen) atoms. The molecule has 0 heterocycles. The molecule has 0 atom stereocenters. The zero-order valence-electron chi connectivity index (χ0n) is 10.8. The van der Waals surface area contributed by atoms with Gasteiger partial charge in [0.15, 0.2) is 11.6 Å². The molecule has 2 aliphatic carbocycles. The van der Waals surface area contributed by atoms with Crippen LogP contribution in [0.5, 0.6) is 0 Å². The Balaban J connectivity index is 2.06. The fourth-order valence-corrected chi connectivity index (χ4v) is 3.23. The Labute approximate surface area is 116 Å². The number of Topliss-reactive ketones (excluding diaryl/α,β-unsaturated/α-hetero) is 2. The molecule has 0 N–H and O–H groups in total.